The largest absolute Gasteiger partial charge is 0.494 e. The summed E-state index contributed by atoms with van der Waals surface area (Å²) in [5, 5.41) is 0. The van der Waals surface area contributed by atoms with Crippen LogP contribution in [0, 0.1) is 166 Å². The van der Waals surface area contributed by atoms with E-state index in [4.69, 9.17) is 0 Å². The van der Waals surface area contributed by atoms with Gasteiger partial charge in [0.1, 0.15) is 0 Å². The van der Waals surface area contributed by atoms with Gasteiger partial charge in [0.25, 0.3) is 0 Å². The molecule has 0 fully saturated rings. The third-order valence-electron chi connectivity index (χ3n) is 0.575. The van der Waals surface area contributed by atoms with Crippen molar-refractivity contribution in [1.82, 2.24) is 0 Å². The molecule has 4 radical (unpaired) electrons. The van der Waals surface area contributed by atoms with Gasteiger partial charge in [-0.1, -0.05) is 19.1 Å². The summed E-state index contributed by atoms with van der Waals surface area (Å²) in [5.41, 5.74) is 0. The van der Waals surface area contributed by atoms with E-state index in [1.54, 1.807) is 30.4 Å². The number of hydrogen-bond donors (Lipinski definition) is 0. The Bertz CT molecular complexity index is 153. The van der Waals surface area contributed by atoms with E-state index in [2.05, 4.69) is 49.7 Å². The Morgan fingerprint density at radius 2 is 1.11 bits per heavy atom. The van der Waals surface area contributed by atoms with Crippen molar-refractivity contribution in [3.8, 4) is 0 Å². The Kier molecular flexibility index (Phi) is 95.8. The maximum atomic E-state index is 4.66. The smallest absolute Gasteiger partial charge is 0.0696 e. The van der Waals surface area contributed by atoms with E-state index in [0.29, 0.717) is 4.20 Å². The minimum absolute atomic E-state index is 0. The summed E-state index contributed by atoms with van der Waals surface area (Å²) in [5.74, 6) is 0. The van der Waals surface area contributed by atoms with Crippen molar-refractivity contribution in [3.05, 3.63) is 4.58 Å². The monoisotopic (exact) mass is 883 g/mol. The molecule has 18 heavy (non-hydrogen) atoms. The molecule has 0 nitrogen and oxygen atoms in total. The Morgan fingerprint density at radius 1 is 1.00 bits per heavy atom. The minimum atomic E-state index is 0. The molecule has 0 saturated carbocycles. The van der Waals surface area contributed by atoms with Crippen molar-refractivity contribution in [2.75, 3.05) is 12.5 Å². The van der Waals surface area contributed by atoms with Crippen molar-refractivity contribution in [2.45, 2.75) is 20.8 Å². The molecule has 10 heteroatoms. The van der Waals surface area contributed by atoms with E-state index in [1.807, 2.05) is 26.4 Å². The van der Waals surface area contributed by atoms with Crippen LogP contribution in [0.2, 0.25) is 0 Å². The molecule has 0 rings (SSSR count). The van der Waals surface area contributed by atoms with Gasteiger partial charge in [-0.25, -0.2) is 0 Å². The van der Waals surface area contributed by atoms with E-state index < -0.39 is 0 Å². The number of rotatable bonds is 1. The molecule has 0 spiro atoms. The molecule has 0 aromatic rings. The molecule has 0 aliphatic heterocycles. The van der Waals surface area contributed by atoms with E-state index >= 15 is 0 Å². The third-order valence-corrected chi connectivity index (χ3v) is 2.72. The second-order valence-corrected chi connectivity index (χ2v) is 7.15. The van der Waals surface area contributed by atoms with Crippen LogP contribution in [0.25, 0.3) is 0 Å². The minimum Gasteiger partial charge on any atom is -0.494 e. The van der Waals surface area contributed by atoms with E-state index in [0.717, 1.165) is 8.78 Å². The first-order chi connectivity index (χ1) is 6.27. The van der Waals surface area contributed by atoms with Crippen molar-refractivity contribution in [3.63, 3.8) is 0 Å². The second-order valence-electron chi connectivity index (χ2n) is 1.88. The van der Waals surface area contributed by atoms with Gasteiger partial charge in [0.05, 0.1) is 6.92 Å². The average Bonchev–Trinajstić information content (AvgIpc) is 2.04. The molecule has 104 valence electrons. The zero-order valence-electron chi connectivity index (χ0n) is 10.7. The first kappa shape index (κ1) is 44.3. The maximum absolute atomic E-state index is 4.66. The van der Waals surface area contributed by atoms with Gasteiger partial charge in [-0.3, -0.25) is 0 Å². The fourth-order valence-corrected chi connectivity index (χ4v) is 0. The fourth-order valence-electron chi connectivity index (χ4n) is 0. The third kappa shape index (κ3) is 93.5. The number of thiocarbonyl (C=S) groups is 2. The molecule has 0 aliphatic carbocycles. The Labute approximate surface area is 273 Å². The van der Waals surface area contributed by atoms with Crippen LogP contribution in [0.15, 0.2) is 0 Å². The summed E-state index contributed by atoms with van der Waals surface area (Å²) in [6, 6.07) is 0. The summed E-state index contributed by atoms with van der Waals surface area (Å²) < 4.78 is 2.59. The standard InChI is InChI=1S/2C3H6S2.C2H4S2.4Pm/c2*1-3(4)5-2;1-2(3)4;;;;/h2*1-2H3;1H3,(H,3,4);;;;/p-1. The normalized spacial score (nSPS) is 5.67. The van der Waals surface area contributed by atoms with Crippen molar-refractivity contribution in [1.29, 1.82) is 0 Å². The van der Waals surface area contributed by atoms with Crippen molar-refractivity contribution < 1.29 is 162 Å². The van der Waals surface area contributed by atoms with Gasteiger partial charge >= 0.3 is 0 Å². The molecule has 0 aliphatic rings. The quantitative estimate of drug-likeness (QED) is 0.221. The molecule has 0 saturated heterocycles. The summed E-state index contributed by atoms with van der Waals surface area (Å²) in [6.45, 7) is 5.55. The fraction of sp³-hybridized carbons (Fsp3) is 0.625. The number of hydrogen-bond acceptors (Lipinski definition) is 6. The van der Waals surface area contributed by atoms with Gasteiger partial charge in [0.15, 0.2) is 0 Å². The predicted octanol–water partition coefficient (Wildman–Crippen LogP) is 3.98. The molecule has 0 amide bonds. The van der Waals surface area contributed by atoms with E-state index in [9.17, 15) is 0 Å². The van der Waals surface area contributed by atoms with Gasteiger partial charge in [0.2, 0.25) is 0 Å². The zero-order chi connectivity index (χ0) is 12.1. The van der Waals surface area contributed by atoms with E-state index in [1.165, 1.54) is 0 Å². The Balaban J connectivity index is -0.0000000183. The van der Waals surface area contributed by atoms with Crippen LogP contribution in [0.5, 0.6) is 0 Å². The van der Waals surface area contributed by atoms with E-state index in [-0.39, 0.29) is 162 Å². The predicted molar refractivity (Wildman–Crippen MR) is 87.2 cm³/mol. The van der Waals surface area contributed by atoms with Crippen LogP contribution in [-0.2, 0) is 25.3 Å². The molecule has 0 aromatic heterocycles. The van der Waals surface area contributed by atoms with Crippen LogP contribution in [0.1, 0.15) is 20.8 Å². The van der Waals surface area contributed by atoms with Crippen molar-refractivity contribution in [2.24, 2.45) is 0 Å². The van der Waals surface area contributed by atoms with Gasteiger partial charge in [-0.15, -0.1) is 11.8 Å². The maximum Gasteiger partial charge on any atom is 0.0696 e. The molecule has 0 aromatic carbocycles. The first-order valence-corrected chi connectivity index (χ1v) is 7.62. The average molecular weight is 884 g/mol. The van der Waals surface area contributed by atoms with Crippen LogP contribution >= 0.6 is 48.0 Å². The summed E-state index contributed by atoms with van der Waals surface area (Å²) in [7, 11) is 0. The van der Waals surface area contributed by atoms with Gasteiger partial charge in [-0.2, -0.15) is 4.20 Å². The molecular weight excluding hydrogens is 868 g/mol. The summed E-state index contributed by atoms with van der Waals surface area (Å²) in [4.78, 5) is 0. The first-order valence-electron chi connectivity index (χ1n) is 3.54. The Hall–Kier alpha value is 6.67. The molecular formula is C8H15Pm4S6-. The number of thioether (sulfide) groups is 2. The summed E-state index contributed by atoms with van der Waals surface area (Å²) in [6.07, 6.45) is 3.95. The van der Waals surface area contributed by atoms with Gasteiger partial charge in [0, 0.05) is 188 Å². The molecule has 0 unspecified atom stereocenters. The Morgan fingerprint density at radius 3 is 1.11 bits per heavy atom. The van der Waals surface area contributed by atoms with Gasteiger partial charge < -0.3 is 37.5 Å². The van der Waals surface area contributed by atoms with Crippen molar-refractivity contribution >= 4 is 81.6 Å². The van der Waals surface area contributed by atoms with Crippen LogP contribution in [-0.4, -0.2) is 20.9 Å². The molecule has 0 atom stereocenters. The second kappa shape index (κ2) is 39.0. The molecule has 0 N–H and O–H groups in total. The summed E-state index contributed by atoms with van der Waals surface area (Å²) >= 11 is 21.2. The molecule has 0 bridgehead atoms. The SMILES string of the molecule is CC(=S)[S-].CSC(C)=S.CS[C+](C)[S-].[Pm].[Pm].[Pm].[Pm]. The van der Waals surface area contributed by atoms with Crippen LogP contribution in [0.4, 0.5) is 0 Å². The zero-order valence-corrected chi connectivity index (χ0v) is 27.1. The van der Waals surface area contributed by atoms with Crippen LogP contribution < -0.4 is 0 Å². The van der Waals surface area contributed by atoms with Crippen LogP contribution in [0.3, 0.4) is 0 Å². The molecule has 0 heterocycles. The van der Waals surface area contributed by atoms with Gasteiger partial charge in [-0.05, 0) is 13.2 Å². The topological polar surface area (TPSA) is 0 Å².